The van der Waals surface area contributed by atoms with Crippen LogP contribution in [0.2, 0.25) is 5.02 Å². The second-order valence-corrected chi connectivity index (χ2v) is 8.54. The number of hydrogen-bond acceptors (Lipinski definition) is 3. The van der Waals surface area contributed by atoms with Gasteiger partial charge >= 0.3 is 0 Å². The molecule has 5 nitrogen and oxygen atoms in total. The molecule has 5 rings (SSSR count). The molecule has 0 saturated carbocycles. The first kappa shape index (κ1) is 22.0. The SMILES string of the molecule is Cn1cncc1C(F)(c1ccc(Cl)cc1)c1cc2c(-c3cccc(F)c3)cc(=O)n(C)c2cn1. The van der Waals surface area contributed by atoms with Crippen LogP contribution in [0, 0.1) is 5.82 Å². The summed E-state index contributed by atoms with van der Waals surface area (Å²) in [5, 5.41) is 1.04. The number of rotatable bonds is 4. The highest BCUT2D eigenvalue weighted by Crippen LogP contribution is 2.41. The number of halogens is 3. The molecule has 34 heavy (non-hydrogen) atoms. The van der Waals surface area contributed by atoms with Crippen molar-refractivity contribution < 1.29 is 8.78 Å². The van der Waals surface area contributed by atoms with Crippen LogP contribution in [0.3, 0.4) is 0 Å². The number of hydrogen-bond donors (Lipinski definition) is 0. The van der Waals surface area contributed by atoms with Crippen molar-refractivity contribution in [1.82, 2.24) is 19.1 Å². The zero-order valence-electron chi connectivity index (χ0n) is 18.3. The van der Waals surface area contributed by atoms with Crippen LogP contribution in [0.5, 0.6) is 0 Å². The molecule has 0 spiro atoms. The summed E-state index contributed by atoms with van der Waals surface area (Å²) in [5.41, 5.74) is -0.250. The third-order valence-electron chi connectivity index (χ3n) is 6.03. The highest BCUT2D eigenvalue weighted by molar-refractivity contribution is 6.30. The van der Waals surface area contributed by atoms with Crippen molar-refractivity contribution in [3.05, 3.63) is 118 Å². The molecule has 0 bridgehead atoms. The Morgan fingerprint density at radius 3 is 2.44 bits per heavy atom. The topological polar surface area (TPSA) is 52.7 Å². The minimum atomic E-state index is -2.17. The van der Waals surface area contributed by atoms with Gasteiger partial charge in [-0.3, -0.25) is 9.78 Å². The molecular formula is C26H19ClF2N4O. The molecule has 0 amide bonds. The van der Waals surface area contributed by atoms with E-state index in [1.54, 1.807) is 61.1 Å². The van der Waals surface area contributed by atoms with Crippen LogP contribution >= 0.6 is 11.6 Å². The number of alkyl halides is 1. The Morgan fingerprint density at radius 2 is 1.76 bits per heavy atom. The van der Waals surface area contributed by atoms with Gasteiger partial charge in [0.25, 0.3) is 5.56 Å². The van der Waals surface area contributed by atoms with E-state index in [1.807, 2.05) is 0 Å². The van der Waals surface area contributed by atoms with Crippen molar-refractivity contribution in [2.45, 2.75) is 5.67 Å². The predicted octanol–water partition coefficient (Wildman–Crippen LogP) is 5.39. The van der Waals surface area contributed by atoms with E-state index >= 15 is 4.39 Å². The van der Waals surface area contributed by atoms with E-state index in [-0.39, 0.29) is 16.9 Å². The van der Waals surface area contributed by atoms with Crippen molar-refractivity contribution >= 4 is 22.5 Å². The number of pyridine rings is 2. The maximum absolute atomic E-state index is 17.2. The Hall–Kier alpha value is -3.84. The maximum Gasteiger partial charge on any atom is 0.251 e. The normalized spacial score (nSPS) is 13.2. The lowest BCUT2D eigenvalue weighted by atomic mass is 9.87. The van der Waals surface area contributed by atoms with Crippen molar-refractivity contribution in [2.24, 2.45) is 14.1 Å². The molecule has 5 aromatic rings. The molecule has 0 saturated heterocycles. The molecular weight excluding hydrogens is 458 g/mol. The number of aromatic nitrogens is 4. The summed E-state index contributed by atoms with van der Waals surface area (Å²) in [6, 6.07) is 15.4. The fraction of sp³-hybridized carbons (Fsp3) is 0.115. The Morgan fingerprint density at radius 1 is 1.00 bits per heavy atom. The van der Waals surface area contributed by atoms with Gasteiger partial charge in [-0.25, -0.2) is 13.8 Å². The van der Waals surface area contributed by atoms with Gasteiger partial charge in [0.1, 0.15) is 5.82 Å². The molecule has 3 aromatic heterocycles. The van der Waals surface area contributed by atoms with E-state index in [0.717, 1.165) is 0 Å². The quantitative estimate of drug-likeness (QED) is 0.349. The lowest BCUT2D eigenvalue weighted by Gasteiger charge is -2.26. The van der Waals surface area contributed by atoms with Crippen LogP contribution < -0.4 is 5.56 Å². The van der Waals surface area contributed by atoms with Gasteiger partial charge in [-0.05, 0) is 41.5 Å². The maximum atomic E-state index is 17.2. The van der Waals surface area contributed by atoms with Crippen LogP contribution in [-0.2, 0) is 19.8 Å². The number of benzene rings is 2. The smallest absolute Gasteiger partial charge is 0.251 e. The molecule has 3 heterocycles. The van der Waals surface area contributed by atoms with Gasteiger partial charge in [-0.15, -0.1) is 0 Å². The summed E-state index contributed by atoms with van der Waals surface area (Å²) >= 11 is 6.06. The van der Waals surface area contributed by atoms with E-state index in [9.17, 15) is 9.18 Å². The average molecular weight is 477 g/mol. The Bertz CT molecular complexity index is 1590. The van der Waals surface area contributed by atoms with E-state index < -0.39 is 11.5 Å². The highest BCUT2D eigenvalue weighted by atomic mass is 35.5. The third kappa shape index (κ3) is 3.49. The molecule has 0 aliphatic heterocycles. The largest absolute Gasteiger partial charge is 0.334 e. The number of fused-ring (bicyclic) bond motifs is 1. The monoisotopic (exact) mass is 476 g/mol. The predicted molar refractivity (Wildman–Crippen MR) is 128 cm³/mol. The molecule has 0 fully saturated rings. The summed E-state index contributed by atoms with van der Waals surface area (Å²) in [4.78, 5) is 21.2. The number of aryl methyl sites for hydroxylation is 2. The van der Waals surface area contributed by atoms with Crippen molar-refractivity contribution in [1.29, 1.82) is 0 Å². The summed E-state index contributed by atoms with van der Waals surface area (Å²) in [6.07, 6.45) is 4.44. The molecule has 2 aromatic carbocycles. The highest BCUT2D eigenvalue weighted by Gasteiger charge is 2.41. The van der Waals surface area contributed by atoms with Gasteiger partial charge in [0, 0.05) is 36.1 Å². The van der Waals surface area contributed by atoms with Gasteiger partial charge in [0.2, 0.25) is 5.67 Å². The summed E-state index contributed by atoms with van der Waals surface area (Å²) in [5.74, 6) is -0.434. The molecule has 0 N–H and O–H groups in total. The minimum Gasteiger partial charge on any atom is -0.334 e. The second kappa shape index (κ2) is 8.18. The molecule has 1 atom stereocenters. The van der Waals surface area contributed by atoms with E-state index in [0.29, 0.717) is 32.6 Å². The Balaban J connectivity index is 1.84. The van der Waals surface area contributed by atoms with Crippen LogP contribution in [0.15, 0.2) is 84.2 Å². The van der Waals surface area contributed by atoms with Crippen LogP contribution in [-0.4, -0.2) is 19.1 Å². The minimum absolute atomic E-state index is 0.0993. The first-order chi connectivity index (χ1) is 16.3. The van der Waals surface area contributed by atoms with Crippen molar-refractivity contribution in [2.75, 3.05) is 0 Å². The fourth-order valence-electron chi connectivity index (χ4n) is 4.23. The lowest BCUT2D eigenvalue weighted by molar-refractivity contribution is 0.260. The molecule has 8 heteroatoms. The zero-order chi connectivity index (χ0) is 24.0. The van der Waals surface area contributed by atoms with Crippen LogP contribution in [0.25, 0.3) is 22.0 Å². The van der Waals surface area contributed by atoms with Gasteiger partial charge in [-0.2, -0.15) is 0 Å². The van der Waals surface area contributed by atoms with Gasteiger partial charge < -0.3 is 9.13 Å². The second-order valence-electron chi connectivity index (χ2n) is 8.11. The first-order valence-electron chi connectivity index (χ1n) is 10.5. The summed E-state index contributed by atoms with van der Waals surface area (Å²) in [6.45, 7) is 0. The zero-order valence-corrected chi connectivity index (χ0v) is 19.1. The number of imidazole rings is 1. The molecule has 0 radical (unpaired) electrons. The lowest BCUT2D eigenvalue weighted by Crippen LogP contribution is -2.28. The summed E-state index contributed by atoms with van der Waals surface area (Å²) in [7, 11) is 3.32. The standard InChI is InChI=1S/C26H19ClF2N4O/c1-32-15-30-14-24(32)26(29,17-6-8-18(27)9-7-17)23-11-21-20(16-4-3-5-19(28)10-16)12-25(34)33(2)22(21)13-31-23/h3-15H,1-2H3. The van der Waals surface area contributed by atoms with Crippen LogP contribution in [0.1, 0.15) is 17.0 Å². The van der Waals surface area contributed by atoms with E-state index in [4.69, 9.17) is 11.6 Å². The number of nitrogens with zero attached hydrogens (tertiary/aromatic N) is 4. The first-order valence-corrected chi connectivity index (χ1v) is 10.8. The van der Waals surface area contributed by atoms with E-state index in [2.05, 4.69) is 9.97 Å². The van der Waals surface area contributed by atoms with Gasteiger partial charge in [0.15, 0.2) is 0 Å². The Kier molecular flexibility index (Phi) is 5.29. The van der Waals surface area contributed by atoms with E-state index in [1.165, 1.54) is 41.5 Å². The molecule has 1 unspecified atom stereocenters. The third-order valence-corrected chi connectivity index (χ3v) is 6.29. The van der Waals surface area contributed by atoms with Gasteiger partial charge in [-0.1, -0.05) is 35.9 Å². The van der Waals surface area contributed by atoms with Crippen molar-refractivity contribution in [3.8, 4) is 11.1 Å². The van der Waals surface area contributed by atoms with Crippen molar-refractivity contribution in [3.63, 3.8) is 0 Å². The molecule has 170 valence electrons. The van der Waals surface area contributed by atoms with Gasteiger partial charge in [0.05, 0.1) is 35.6 Å². The summed E-state index contributed by atoms with van der Waals surface area (Å²) < 4.78 is 34.3. The van der Waals surface area contributed by atoms with Crippen LogP contribution in [0.4, 0.5) is 8.78 Å². The molecule has 0 aliphatic rings. The Labute approximate surface area is 198 Å². The fourth-order valence-corrected chi connectivity index (χ4v) is 4.35. The molecule has 0 aliphatic carbocycles. The average Bonchev–Trinajstić information content (AvgIpc) is 3.27.